The summed E-state index contributed by atoms with van der Waals surface area (Å²) in [6.45, 7) is 8.06. The molecule has 104 valence electrons. The number of halogens is 1. The van der Waals surface area contributed by atoms with Crippen LogP contribution < -0.4 is 10.1 Å². The Bertz CT molecular complexity index is 468. The second-order valence-electron chi connectivity index (χ2n) is 5.25. The summed E-state index contributed by atoms with van der Waals surface area (Å²) >= 11 is 0. The molecule has 1 aromatic carbocycles. The summed E-state index contributed by atoms with van der Waals surface area (Å²) in [7, 11) is 0. The summed E-state index contributed by atoms with van der Waals surface area (Å²) in [5.74, 6) is 0.216. The smallest absolute Gasteiger partial charge is 0.126 e. The van der Waals surface area contributed by atoms with Crippen molar-refractivity contribution in [2.45, 2.75) is 45.7 Å². The minimum Gasteiger partial charge on any atom is -0.493 e. The second-order valence-corrected chi connectivity index (χ2v) is 5.25. The molecule has 3 nitrogen and oxygen atoms in total. The van der Waals surface area contributed by atoms with Crippen LogP contribution >= 0.6 is 0 Å². The highest BCUT2D eigenvalue weighted by molar-refractivity contribution is 5.32. The highest BCUT2D eigenvalue weighted by Crippen LogP contribution is 2.20. The molecule has 0 radical (unpaired) electrons. The van der Waals surface area contributed by atoms with Gasteiger partial charge in [0.05, 0.1) is 12.7 Å². The Morgan fingerprint density at radius 3 is 2.74 bits per heavy atom. The van der Waals surface area contributed by atoms with Gasteiger partial charge in [-0.2, -0.15) is 5.26 Å². The summed E-state index contributed by atoms with van der Waals surface area (Å²) < 4.78 is 18.7. The third kappa shape index (κ3) is 4.88. The van der Waals surface area contributed by atoms with Crippen LogP contribution in [0.5, 0.6) is 5.75 Å². The summed E-state index contributed by atoms with van der Waals surface area (Å²) in [4.78, 5) is 0. The molecule has 0 aromatic heterocycles. The van der Waals surface area contributed by atoms with E-state index in [0.717, 1.165) is 5.56 Å². The van der Waals surface area contributed by atoms with Crippen molar-refractivity contribution in [2.75, 3.05) is 6.61 Å². The van der Waals surface area contributed by atoms with E-state index < -0.39 is 5.54 Å². The molecule has 1 N–H and O–H groups in total. The zero-order chi connectivity index (χ0) is 14.5. The van der Waals surface area contributed by atoms with E-state index in [4.69, 9.17) is 4.74 Å². The molecule has 0 saturated carbocycles. The van der Waals surface area contributed by atoms with Gasteiger partial charge < -0.3 is 4.74 Å². The number of benzene rings is 1. The van der Waals surface area contributed by atoms with Crippen LogP contribution in [0.3, 0.4) is 0 Å². The topological polar surface area (TPSA) is 45.0 Å². The molecule has 19 heavy (non-hydrogen) atoms. The van der Waals surface area contributed by atoms with Gasteiger partial charge in [-0.05, 0) is 39.3 Å². The van der Waals surface area contributed by atoms with Crippen LogP contribution in [0.25, 0.3) is 0 Å². The molecular weight excluding hydrogens is 243 g/mol. The van der Waals surface area contributed by atoms with Gasteiger partial charge in [0.25, 0.3) is 0 Å². The average Bonchev–Trinajstić information content (AvgIpc) is 2.32. The van der Waals surface area contributed by atoms with Gasteiger partial charge in [0.2, 0.25) is 0 Å². The quantitative estimate of drug-likeness (QED) is 0.858. The molecule has 0 heterocycles. The van der Waals surface area contributed by atoms with Crippen LogP contribution in [-0.2, 0) is 0 Å². The third-order valence-corrected chi connectivity index (χ3v) is 2.86. The Hall–Kier alpha value is -1.60. The van der Waals surface area contributed by atoms with Crippen molar-refractivity contribution in [1.29, 1.82) is 5.26 Å². The molecule has 0 aliphatic heterocycles. The van der Waals surface area contributed by atoms with Gasteiger partial charge in [0.1, 0.15) is 17.1 Å². The van der Waals surface area contributed by atoms with Crippen LogP contribution in [-0.4, -0.2) is 18.2 Å². The zero-order valence-corrected chi connectivity index (χ0v) is 12.0. The van der Waals surface area contributed by atoms with Gasteiger partial charge in [0.15, 0.2) is 0 Å². The van der Waals surface area contributed by atoms with Crippen LogP contribution in [0.1, 0.15) is 32.8 Å². The first kappa shape index (κ1) is 15.5. The molecule has 0 bridgehead atoms. The summed E-state index contributed by atoms with van der Waals surface area (Å²) in [6.07, 6.45) is 0.539. The van der Waals surface area contributed by atoms with E-state index in [1.807, 2.05) is 27.7 Å². The lowest BCUT2D eigenvalue weighted by Gasteiger charge is -2.25. The molecular formula is C15H21FN2O. The average molecular weight is 264 g/mol. The molecule has 1 atom stereocenters. The Morgan fingerprint density at radius 1 is 1.47 bits per heavy atom. The lowest BCUT2D eigenvalue weighted by molar-refractivity contribution is 0.258. The fraction of sp³-hybridized carbons (Fsp3) is 0.533. The Kier molecular flexibility index (Phi) is 5.31. The normalized spacial score (nSPS) is 13.9. The van der Waals surface area contributed by atoms with E-state index in [1.54, 1.807) is 6.07 Å². The molecule has 0 fully saturated rings. The molecule has 0 saturated heterocycles. The van der Waals surface area contributed by atoms with E-state index in [-0.39, 0.29) is 11.9 Å². The molecule has 0 aliphatic carbocycles. The maximum atomic E-state index is 13.1. The van der Waals surface area contributed by atoms with Gasteiger partial charge in [-0.15, -0.1) is 0 Å². The number of nitrogens with one attached hydrogen (secondary N) is 1. The molecule has 1 aromatic rings. The van der Waals surface area contributed by atoms with E-state index >= 15 is 0 Å². The number of hydrogen-bond acceptors (Lipinski definition) is 3. The molecule has 0 aliphatic rings. The zero-order valence-electron chi connectivity index (χ0n) is 12.0. The largest absolute Gasteiger partial charge is 0.493 e. The van der Waals surface area contributed by atoms with Crippen LogP contribution in [0.15, 0.2) is 18.2 Å². The van der Waals surface area contributed by atoms with Gasteiger partial charge in [-0.3, -0.25) is 5.32 Å². The maximum Gasteiger partial charge on any atom is 0.126 e. The Balaban J connectivity index is 2.58. The molecule has 1 rings (SSSR count). The standard InChI is InChI=1S/C15H21FN2O/c1-11(2)18-15(4,10-17)7-8-19-14-9-13(16)6-5-12(14)3/h5-6,9,11,18H,7-8H2,1-4H3. The van der Waals surface area contributed by atoms with Gasteiger partial charge in [-0.25, -0.2) is 4.39 Å². The number of nitrogens with zero attached hydrogens (tertiary/aromatic N) is 1. The number of hydrogen-bond donors (Lipinski definition) is 1. The molecule has 0 amide bonds. The predicted octanol–water partition coefficient (Wildman–Crippen LogP) is 3.18. The first-order valence-corrected chi connectivity index (χ1v) is 6.44. The number of nitriles is 1. The second kappa shape index (κ2) is 6.53. The van der Waals surface area contributed by atoms with Crippen molar-refractivity contribution in [3.63, 3.8) is 0 Å². The predicted molar refractivity (Wildman–Crippen MR) is 73.5 cm³/mol. The summed E-state index contributed by atoms with van der Waals surface area (Å²) in [5, 5.41) is 12.4. The van der Waals surface area contributed by atoms with E-state index in [9.17, 15) is 9.65 Å². The van der Waals surface area contributed by atoms with E-state index in [1.165, 1.54) is 12.1 Å². The number of aryl methyl sites for hydroxylation is 1. The maximum absolute atomic E-state index is 13.1. The lowest BCUT2D eigenvalue weighted by atomic mass is 9.99. The van der Waals surface area contributed by atoms with Gasteiger partial charge in [0, 0.05) is 18.5 Å². The minimum absolute atomic E-state index is 0.223. The van der Waals surface area contributed by atoms with Crippen molar-refractivity contribution < 1.29 is 9.13 Å². The molecule has 4 heteroatoms. The van der Waals surface area contributed by atoms with Crippen molar-refractivity contribution >= 4 is 0 Å². The van der Waals surface area contributed by atoms with E-state index in [0.29, 0.717) is 18.8 Å². The van der Waals surface area contributed by atoms with Gasteiger partial charge >= 0.3 is 0 Å². The van der Waals surface area contributed by atoms with Crippen molar-refractivity contribution in [3.8, 4) is 11.8 Å². The first-order chi connectivity index (χ1) is 8.86. The number of rotatable bonds is 6. The highest BCUT2D eigenvalue weighted by atomic mass is 19.1. The Labute approximate surface area is 114 Å². The van der Waals surface area contributed by atoms with Crippen molar-refractivity contribution in [2.24, 2.45) is 0 Å². The van der Waals surface area contributed by atoms with Crippen LogP contribution in [0.4, 0.5) is 4.39 Å². The summed E-state index contributed by atoms with van der Waals surface area (Å²) in [5.41, 5.74) is 0.256. The lowest BCUT2D eigenvalue weighted by Crippen LogP contribution is -2.45. The SMILES string of the molecule is Cc1ccc(F)cc1OCCC(C)(C#N)NC(C)C. The van der Waals surface area contributed by atoms with Gasteiger partial charge in [-0.1, -0.05) is 6.07 Å². The molecule has 1 unspecified atom stereocenters. The minimum atomic E-state index is -0.630. The number of ether oxygens (including phenoxy) is 1. The molecule has 0 spiro atoms. The first-order valence-electron chi connectivity index (χ1n) is 6.44. The van der Waals surface area contributed by atoms with Crippen molar-refractivity contribution in [3.05, 3.63) is 29.6 Å². The van der Waals surface area contributed by atoms with Crippen LogP contribution in [0, 0.1) is 24.1 Å². The van der Waals surface area contributed by atoms with Crippen LogP contribution in [0.2, 0.25) is 0 Å². The third-order valence-electron chi connectivity index (χ3n) is 2.86. The fourth-order valence-corrected chi connectivity index (χ4v) is 1.89. The Morgan fingerprint density at radius 2 is 2.16 bits per heavy atom. The summed E-state index contributed by atoms with van der Waals surface area (Å²) in [6, 6.07) is 6.94. The van der Waals surface area contributed by atoms with Crippen molar-refractivity contribution in [1.82, 2.24) is 5.32 Å². The monoisotopic (exact) mass is 264 g/mol. The highest BCUT2D eigenvalue weighted by Gasteiger charge is 2.24. The fourth-order valence-electron chi connectivity index (χ4n) is 1.89. The van der Waals surface area contributed by atoms with E-state index in [2.05, 4.69) is 11.4 Å².